The van der Waals surface area contributed by atoms with Gasteiger partial charge < -0.3 is 10.4 Å². The zero-order valence-electron chi connectivity index (χ0n) is 10.8. The number of aliphatic hydroxyl groups excluding tert-OH is 1. The normalized spacial score (nSPS) is 12.2. The van der Waals surface area contributed by atoms with Gasteiger partial charge in [-0.15, -0.1) is 5.10 Å². The Bertz CT molecular complexity index is 586. The summed E-state index contributed by atoms with van der Waals surface area (Å²) in [5.74, 6) is -0.207. The molecule has 1 aromatic carbocycles. The Morgan fingerprint density at radius 3 is 3.00 bits per heavy atom. The summed E-state index contributed by atoms with van der Waals surface area (Å²) in [6, 6.07) is 5.08. The first-order chi connectivity index (χ1) is 9.56. The van der Waals surface area contributed by atoms with Crippen molar-refractivity contribution in [2.75, 3.05) is 5.32 Å². The Balaban J connectivity index is 2.11. The Kier molecular flexibility index (Phi) is 4.65. The topological polar surface area (TPSA) is 92.9 Å². The number of aliphatic hydroxyl groups is 1. The van der Waals surface area contributed by atoms with Gasteiger partial charge in [0.05, 0.1) is 22.5 Å². The summed E-state index contributed by atoms with van der Waals surface area (Å²) >= 11 is 6.04. The zero-order chi connectivity index (χ0) is 14.5. The molecule has 1 heterocycles. The predicted octanol–water partition coefficient (Wildman–Crippen LogP) is 1.42. The second-order valence-electron chi connectivity index (χ2n) is 4.35. The van der Waals surface area contributed by atoms with Crippen molar-refractivity contribution in [1.29, 1.82) is 0 Å². The average molecular weight is 296 g/mol. The van der Waals surface area contributed by atoms with Gasteiger partial charge in [0.2, 0.25) is 5.91 Å². The summed E-state index contributed by atoms with van der Waals surface area (Å²) in [5.41, 5.74) is 1.17. The molecule has 0 saturated carbocycles. The van der Waals surface area contributed by atoms with Crippen LogP contribution in [0.15, 0.2) is 24.5 Å². The molecule has 7 nitrogen and oxygen atoms in total. The Morgan fingerprint density at radius 2 is 2.35 bits per heavy atom. The highest BCUT2D eigenvalue weighted by Crippen LogP contribution is 2.24. The third kappa shape index (κ3) is 3.75. The number of aromatic nitrogens is 4. The largest absolute Gasteiger partial charge is 0.393 e. The lowest BCUT2D eigenvalue weighted by molar-refractivity contribution is -0.116. The number of hydrogen-bond donors (Lipinski definition) is 2. The van der Waals surface area contributed by atoms with Gasteiger partial charge in [-0.25, -0.2) is 4.68 Å². The number of nitrogens with one attached hydrogen (secondary N) is 1. The lowest BCUT2D eigenvalue weighted by atomic mass is 10.2. The van der Waals surface area contributed by atoms with Crippen LogP contribution in [0.4, 0.5) is 5.69 Å². The van der Waals surface area contributed by atoms with Crippen molar-refractivity contribution >= 4 is 23.2 Å². The van der Waals surface area contributed by atoms with E-state index in [-0.39, 0.29) is 12.3 Å². The van der Waals surface area contributed by atoms with Gasteiger partial charge in [0.1, 0.15) is 6.33 Å². The van der Waals surface area contributed by atoms with Crippen molar-refractivity contribution in [3.05, 3.63) is 29.5 Å². The van der Waals surface area contributed by atoms with Gasteiger partial charge >= 0.3 is 0 Å². The minimum Gasteiger partial charge on any atom is -0.393 e. The van der Waals surface area contributed by atoms with Crippen LogP contribution in [0.5, 0.6) is 0 Å². The Morgan fingerprint density at radius 1 is 1.55 bits per heavy atom. The van der Waals surface area contributed by atoms with Crippen LogP contribution in [0.3, 0.4) is 0 Å². The Labute approximate surface area is 120 Å². The van der Waals surface area contributed by atoms with Gasteiger partial charge in [0.25, 0.3) is 0 Å². The summed E-state index contributed by atoms with van der Waals surface area (Å²) in [7, 11) is 0. The van der Waals surface area contributed by atoms with E-state index < -0.39 is 6.10 Å². The van der Waals surface area contributed by atoms with Gasteiger partial charge in [-0.05, 0) is 42.0 Å². The molecule has 20 heavy (non-hydrogen) atoms. The number of amides is 1. The van der Waals surface area contributed by atoms with E-state index in [0.29, 0.717) is 22.8 Å². The SMILES string of the molecule is CC(O)CCC(=O)Nc1cc(-n2cnnn2)ccc1Cl. The highest BCUT2D eigenvalue weighted by molar-refractivity contribution is 6.33. The van der Waals surface area contributed by atoms with Gasteiger partial charge in [0.15, 0.2) is 0 Å². The lowest BCUT2D eigenvalue weighted by Gasteiger charge is -2.09. The van der Waals surface area contributed by atoms with Gasteiger partial charge in [-0.1, -0.05) is 11.6 Å². The van der Waals surface area contributed by atoms with E-state index in [1.807, 2.05) is 0 Å². The van der Waals surface area contributed by atoms with Gasteiger partial charge in [-0.2, -0.15) is 0 Å². The fourth-order valence-electron chi connectivity index (χ4n) is 1.58. The lowest BCUT2D eigenvalue weighted by Crippen LogP contribution is -2.14. The molecule has 0 aliphatic carbocycles. The van der Waals surface area contributed by atoms with Crippen molar-refractivity contribution < 1.29 is 9.90 Å². The number of rotatable bonds is 5. The number of anilines is 1. The molecule has 0 aliphatic heterocycles. The number of carbonyl (C=O) groups excluding carboxylic acids is 1. The molecule has 1 atom stereocenters. The van der Waals surface area contributed by atoms with Crippen LogP contribution < -0.4 is 5.32 Å². The monoisotopic (exact) mass is 295 g/mol. The van der Waals surface area contributed by atoms with E-state index in [9.17, 15) is 4.79 Å². The van der Waals surface area contributed by atoms with Crippen molar-refractivity contribution in [1.82, 2.24) is 20.2 Å². The molecule has 2 aromatic rings. The number of benzene rings is 1. The van der Waals surface area contributed by atoms with Crippen molar-refractivity contribution in [2.24, 2.45) is 0 Å². The first-order valence-electron chi connectivity index (χ1n) is 6.07. The standard InChI is InChI=1S/C12H14ClN5O2/c1-8(19)2-5-12(20)15-11-6-9(3-4-10(11)13)18-7-14-16-17-18/h3-4,6-8,19H,2,5H2,1H3,(H,15,20). The molecule has 2 rings (SSSR count). The summed E-state index contributed by atoms with van der Waals surface area (Å²) < 4.78 is 1.46. The molecular formula is C12H14ClN5O2. The summed E-state index contributed by atoms with van der Waals surface area (Å²) in [5, 5.41) is 23.1. The van der Waals surface area contributed by atoms with Crippen LogP contribution in [0.2, 0.25) is 5.02 Å². The molecular weight excluding hydrogens is 282 g/mol. The average Bonchev–Trinajstić information content (AvgIpc) is 2.93. The molecule has 106 valence electrons. The molecule has 0 aliphatic rings. The van der Waals surface area contributed by atoms with Crippen LogP contribution >= 0.6 is 11.6 Å². The second-order valence-corrected chi connectivity index (χ2v) is 4.76. The molecule has 0 bridgehead atoms. The first kappa shape index (κ1) is 14.4. The van der Waals surface area contributed by atoms with Crippen LogP contribution in [0.25, 0.3) is 5.69 Å². The second kappa shape index (κ2) is 6.44. The quantitative estimate of drug-likeness (QED) is 0.870. The van der Waals surface area contributed by atoms with Crippen LogP contribution in [0, 0.1) is 0 Å². The summed E-state index contributed by atoms with van der Waals surface area (Å²) in [6.45, 7) is 1.64. The van der Waals surface area contributed by atoms with E-state index in [2.05, 4.69) is 20.8 Å². The van der Waals surface area contributed by atoms with E-state index in [1.165, 1.54) is 11.0 Å². The van der Waals surface area contributed by atoms with Crippen molar-refractivity contribution in [3.8, 4) is 5.69 Å². The fraction of sp³-hybridized carbons (Fsp3) is 0.333. The highest BCUT2D eigenvalue weighted by Gasteiger charge is 2.09. The highest BCUT2D eigenvalue weighted by atomic mass is 35.5. The number of carbonyl (C=O) groups is 1. The minimum atomic E-state index is -0.510. The molecule has 1 amide bonds. The first-order valence-corrected chi connectivity index (χ1v) is 6.45. The number of halogens is 1. The molecule has 0 fully saturated rings. The molecule has 1 aromatic heterocycles. The minimum absolute atomic E-state index is 0.207. The molecule has 1 unspecified atom stereocenters. The molecule has 0 spiro atoms. The number of tetrazole rings is 1. The van der Waals surface area contributed by atoms with Crippen LogP contribution in [-0.4, -0.2) is 37.3 Å². The molecule has 0 radical (unpaired) electrons. The van der Waals surface area contributed by atoms with Crippen LogP contribution in [-0.2, 0) is 4.79 Å². The molecule has 0 saturated heterocycles. The van der Waals surface area contributed by atoms with Gasteiger partial charge in [0, 0.05) is 6.42 Å². The number of hydrogen-bond acceptors (Lipinski definition) is 5. The molecule has 8 heteroatoms. The maximum absolute atomic E-state index is 11.7. The van der Waals surface area contributed by atoms with Crippen molar-refractivity contribution in [3.63, 3.8) is 0 Å². The smallest absolute Gasteiger partial charge is 0.224 e. The van der Waals surface area contributed by atoms with Crippen LogP contribution in [0.1, 0.15) is 19.8 Å². The molecule has 2 N–H and O–H groups in total. The Hall–Kier alpha value is -1.99. The fourth-order valence-corrected chi connectivity index (χ4v) is 1.75. The number of nitrogens with zero attached hydrogens (tertiary/aromatic N) is 4. The van der Waals surface area contributed by atoms with Crippen molar-refractivity contribution in [2.45, 2.75) is 25.9 Å². The zero-order valence-corrected chi connectivity index (χ0v) is 11.6. The maximum atomic E-state index is 11.7. The maximum Gasteiger partial charge on any atom is 0.224 e. The summed E-state index contributed by atoms with van der Waals surface area (Å²) in [6.07, 6.45) is 1.56. The third-order valence-corrected chi connectivity index (χ3v) is 2.96. The van der Waals surface area contributed by atoms with Gasteiger partial charge in [-0.3, -0.25) is 4.79 Å². The van der Waals surface area contributed by atoms with E-state index in [4.69, 9.17) is 16.7 Å². The predicted molar refractivity (Wildman–Crippen MR) is 73.7 cm³/mol. The third-order valence-electron chi connectivity index (χ3n) is 2.63. The van der Waals surface area contributed by atoms with E-state index in [1.54, 1.807) is 25.1 Å². The van der Waals surface area contributed by atoms with E-state index in [0.717, 1.165) is 0 Å². The summed E-state index contributed by atoms with van der Waals surface area (Å²) in [4.78, 5) is 11.7. The van der Waals surface area contributed by atoms with E-state index >= 15 is 0 Å².